The molecule has 2 N–H and O–H groups in total. The number of carbonyl (C=O) groups is 2. The summed E-state index contributed by atoms with van der Waals surface area (Å²) in [6.45, 7) is 4.23. The Hall–Kier alpha value is -2.56. The molecule has 110 valence electrons. The third-order valence-electron chi connectivity index (χ3n) is 2.92. The number of hydrogen-bond donors (Lipinski definition) is 2. The molecule has 0 atom stereocenters. The highest BCUT2D eigenvalue weighted by Crippen LogP contribution is 2.13. The molecule has 0 radical (unpaired) electrons. The Labute approximate surface area is 123 Å². The first-order valence-electron chi connectivity index (χ1n) is 6.74. The van der Waals surface area contributed by atoms with E-state index in [9.17, 15) is 9.59 Å². The van der Waals surface area contributed by atoms with Gasteiger partial charge in [0, 0.05) is 18.7 Å². The van der Waals surface area contributed by atoms with Crippen LogP contribution in [-0.4, -0.2) is 18.4 Å². The van der Waals surface area contributed by atoms with Crippen LogP contribution in [0, 0.1) is 13.8 Å². The van der Waals surface area contributed by atoms with Gasteiger partial charge in [0.25, 0.3) is 0 Å². The summed E-state index contributed by atoms with van der Waals surface area (Å²) in [5.41, 5.74) is 2.69. The molecule has 0 saturated carbocycles. The van der Waals surface area contributed by atoms with E-state index in [0.717, 1.165) is 16.9 Å². The van der Waals surface area contributed by atoms with E-state index in [1.54, 1.807) is 12.3 Å². The van der Waals surface area contributed by atoms with Gasteiger partial charge in [-0.15, -0.1) is 0 Å². The second-order valence-electron chi connectivity index (χ2n) is 4.92. The van der Waals surface area contributed by atoms with Gasteiger partial charge in [-0.3, -0.25) is 9.59 Å². The molecule has 0 fully saturated rings. The van der Waals surface area contributed by atoms with Crippen molar-refractivity contribution >= 4 is 17.5 Å². The van der Waals surface area contributed by atoms with E-state index in [-0.39, 0.29) is 0 Å². The maximum Gasteiger partial charge on any atom is 0.313 e. The summed E-state index contributed by atoms with van der Waals surface area (Å²) in [6.07, 6.45) is 2.12. The Morgan fingerprint density at radius 3 is 2.43 bits per heavy atom. The molecule has 2 amide bonds. The molecule has 1 aromatic heterocycles. The molecule has 0 bridgehead atoms. The summed E-state index contributed by atoms with van der Waals surface area (Å²) in [6, 6.07) is 9.24. The van der Waals surface area contributed by atoms with Crippen LogP contribution in [0.15, 0.2) is 41.0 Å². The van der Waals surface area contributed by atoms with Crippen LogP contribution in [0.5, 0.6) is 0 Å². The fourth-order valence-electron chi connectivity index (χ4n) is 2.07. The molecular formula is C16H18N2O3. The van der Waals surface area contributed by atoms with E-state index in [1.807, 2.05) is 38.1 Å². The van der Waals surface area contributed by atoms with E-state index in [2.05, 4.69) is 10.6 Å². The maximum absolute atomic E-state index is 11.8. The van der Waals surface area contributed by atoms with E-state index >= 15 is 0 Å². The third kappa shape index (κ3) is 4.49. The van der Waals surface area contributed by atoms with E-state index < -0.39 is 11.8 Å². The van der Waals surface area contributed by atoms with Gasteiger partial charge in [-0.05, 0) is 49.2 Å². The molecule has 2 aromatic rings. The number of rotatable bonds is 4. The van der Waals surface area contributed by atoms with Crippen molar-refractivity contribution in [2.75, 3.05) is 11.9 Å². The monoisotopic (exact) mass is 286 g/mol. The van der Waals surface area contributed by atoms with Crippen LogP contribution in [0.25, 0.3) is 0 Å². The summed E-state index contributed by atoms with van der Waals surface area (Å²) in [5.74, 6) is -0.551. The lowest BCUT2D eigenvalue weighted by Crippen LogP contribution is -2.36. The first-order valence-corrected chi connectivity index (χ1v) is 6.74. The molecule has 1 heterocycles. The van der Waals surface area contributed by atoms with Crippen LogP contribution in [0.1, 0.15) is 16.9 Å². The predicted octanol–water partition coefficient (Wildman–Crippen LogP) is 2.19. The Balaban J connectivity index is 1.83. The van der Waals surface area contributed by atoms with E-state index in [1.165, 1.54) is 0 Å². The number of anilines is 1. The molecule has 1 aromatic carbocycles. The van der Waals surface area contributed by atoms with Gasteiger partial charge in [-0.1, -0.05) is 6.07 Å². The Morgan fingerprint density at radius 2 is 1.81 bits per heavy atom. The number of nitrogens with one attached hydrogen (secondary N) is 2. The summed E-state index contributed by atoms with van der Waals surface area (Å²) in [7, 11) is 0. The molecule has 0 aliphatic carbocycles. The van der Waals surface area contributed by atoms with Crippen LogP contribution in [0.4, 0.5) is 5.69 Å². The van der Waals surface area contributed by atoms with Gasteiger partial charge in [0.05, 0.1) is 6.26 Å². The molecule has 5 nitrogen and oxygen atoms in total. The molecular weight excluding hydrogens is 268 g/mol. The highest BCUT2D eigenvalue weighted by molar-refractivity contribution is 6.39. The second kappa shape index (κ2) is 6.74. The quantitative estimate of drug-likeness (QED) is 0.846. The summed E-state index contributed by atoms with van der Waals surface area (Å²) >= 11 is 0. The van der Waals surface area contributed by atoms with Crippen LogP contribution in [0.3, 0.4) is 0 Å². The molecule has 0 saturated heterocycles. The lowest BCUT2D eigenvalue weighted by Gasteiger charge is -2.07. The average molecular weight is 286 g/mol. The van der Waals surface area contributed by atoms with Crippen LogP contribution >= 0.6 is 0 Å². The Morgan fingerprint density at radius 1 is 1.10 bits per heavy atom. The van der Waals surface area contributed by atoms with Crippen molar-refractivity contribution in [2.24, 2.45) is 0 Å². The molecule has 0 spiro atoms. The summed E-state index contributed by atoms with van der Waals surface area (Å²) in [5, 5.41) is 5.15. The molecule has 21 heavy (non-hydrogen) atoms. The standard InChI is InChI=1S/C16H18N2O3/c1-11-8-12(2)10-13(9-11)18-16(20)15(19)17-6-5-14-4-3-7-21-14/h3-4,7-10H,5-6H2,1-2H3,(H,17,19)(H,18,20). The van der Waals surface area contributed by atoms with Gasteiger partial charge in [0.2, 0.25) is 0 Å². The highest BCUT2D eigenvalue weighted by Gasteiger charge is 2.13. The predicted molar refractivity (Wildman–Crippen MR) is 80.0 cm³/mol. The highest BCUT2D eigenvalue weighted by atomic mass is 16.3. The number of benzene rings is 1. The minimum atomic E-state index is -0.667. The van der Waals surface area contributed by atoms with Crippen molar-refractivity contribution in [3.05, 3.63) is 53.5 Å². The van der Waals surface area contributed by atoms with Crippen LogP contribution in [0.2, 0.25) is 0 Å². The average Bonchev–Trinajstić information content (AvgIpc) is 2.90. The summed E-state index contributed by atoms with van der Waals surface area (Å²) in [4.78, 5) is 23.5. The minimum absolute atomic E-state index is 0.354. The number of hydrogen-bond acceptors (Lipinski definition) is 3. The first-order chi connectivity index (χ1) is 10.0. The third-order valence-corrected chi connectivity index (χ3v) is 2.92. The largest absolute Gasteiger partial charge is 0.469 e. The Kier molecular flexibility index (Phi) is 4.77. The molecule has 2 rings (SSSR count). The zero-order chi connectivity index (χ0) is 15.2. The van der Waals surface area contributed by atoms with Crippen molar-refractivity contribution in [3.63, 3.8) is 0 Å². The van der Waals surface area contributed by atoms with Gasteiger partial charge in [0.15, 0.2) is 0 Å². The number of aryl methyl sites for hydroxylation is 2. The van der Waals surface area contributed by atoms with Crippen molar-refractivity contribution in [2.45, 2.75) is 20.3 Å². The number of amides is 2. The van der Waals surface area contributed by atoms with Crippen LogP contribution < -0.4 is 10.6 Å². The van der Waals surface area contributed by atoms with Crippen molar-refractivity contribution in [3.8, 4) is 0 Å². The van der Waals surface area contributed by atoms with Gasteiger partial charge >= 0.3 is 11.8 Å². The summed E-state index contributed by atoms with van der Waals surface area (Å²) < 4.78 is 5.15. The lowest BCUT2D eigenvalue weighted by molar-refractivity contribution is -0.136. The van der Waals surface area contributed by atoms with Gasteiger partial charge in [0.1, 0.15) is 5.76 Å². The van der Waals surface area contributed by atoms with Gasteiger partial charge < -0.3 is 15.1 Å². The first kappa shape index (κ1) is 14.8. The van der Waals surface area contributed by atoms with Crippen molar-refractivity contribution in [1.82, 2.24) is 5.32 Å². The lowest BCUT2D eigenvalue weighted by atomic mass is 10.1. The van der Waals surface area contributed by atoms with Crippen LogP contribution in [-0.2, 0) is 16.0 Å². The van der Waals surface area contributed by atoms with E-state index in [0.29, 0.717) is 18.7 Å². The van der Waals surface area contributed by atoms with Crippen molar-refractivity contribution < 1.29 is 14.0 Å². The fraction of sp³-hybridized carbons (Fsp3) is 0.250. The number of furan rings is 1. The topological polar surface area (TPSA) is 71.3 Å². The fourth-order valence-corrected chi connectivity index (χ4v) is 2.07. The smallest absolute Gasteiger partial charge is 0.313 e. The maximum atomic E-state index is 11.8. The number of carbonyl (C=O) groups excluding carboxylic acids is 2. The Bertz CT molecular complexity index is 613. The zero-order valence-corrected chi connectivity index (χ0v) is 12.1. The van der Waals surface area contributed by atoms with Gasteiger partial charge in [-0.25, -0.2) is 0 Å². The molecule has 0 aliphatic heterocycles. The normalized spacial score (nSPS) is 10.2. The van der Waals surface area contributed by atoms with Gasteiger partial charge in [-0.2, -0.15) is 0 Å². The SMILES string of the molecule is Cc1cc(C)cc(NC(=O)C(=O)NCCc2ccco2)c1. The van der Waals surface area contributed by atoms with E-state index in [4.69, 9.17) is 4.42 Å². The second-order valence-corrected chi connectivity index (χ2v) is 4.92. The molecule has 0 unspecified atom stereocenters. The minimum Gasteiger partial charge on any atom is -0.469 e. The molecule has 5 heteroatoms. The van der Waals surface area contributed by atoms with Crippen molar-refractivity contribution in [1.29, 1.82) is 0 Å². The molecule has 0 aliphatic rings. The zero-order valence-electron chi connectivity index (χ0n) is 12.1.